The van der Waals surface area contributed by atoms with Gasteiger partial charge < -0.3 is 24.3 Å². The Morgan fingerprint density at radius 3 is 2.42 bits per heavy atom. The number of pyridine rings is 3. The van der Waals surface area contributed by atoms with E-state index in [1.165, 1.54) is 11.8 Å². The summed E-state index contributed by atoms with van der Waals surface area (Å²) in [4.78, 5) is 70.1. The van der Waals surface area contributed by atoms with Gasteiger partial charge in [0.2, 0.25) is 11.8 Å². The average molecular weight is 860 g/mol. The molecule has 1 atom stereocenters. The lowest BCUT2D eigenvalue weighted by atomic mass is 9.71. The van der Waals surface area contributed by atoms with Crippen LogP contribution in [0.3, 0.4) is 0 Å². The molecule has 4 aliphatic heterocycles. The number of urea groups is 1. The van der Waals surface area contributed by atoms with Gasteiger partial charge in [0.05, 0.1) is 46.1 Å². The highest BCUT2D eigenvalue weighted by atomic mass is 35.5. The predicted molar refractivity (Wildman–Crippen MR) is 235 cm³/mol. The van der Waals surface area contributed by atoms with Gasteiger partial charge >= 0.3 is 6.03 Å². The van der Waals surface area contributed by atoms with Crippen LogP contribution < -0.4 is 15.5 Å². The Morgan fingerprint density at radius 1 is 0.935 bits per heavy atom. The van der Waals surface area contributed by atoms with Crippen LogP contribution in [-0.2, 0) is 38.3 Å². The van der Waals surface area contributed by atoms with Gasteiger partial charge in [-0.2, -0.15) is 0 Å². The molecule has 8 heterocycles. The second kappa shape index (κ2) is 16.9. The number of aryl methyl sites for hydroxylation is 1. The molecular weight excluding hydrogens is 810 g/mol. The Bertz CT molecular complexity index is 2550. The van der Waals surface area contributed by atoms with E-state index in [1.807, 2.05) is 35.0 Å². The van der Waals surface area contributed by atoms with E-state index in [-0.39, 0.29) is 36.1 Å². The Balaban J connectivity index is 0.862. The number of carbonyl (C=O) groups excluding carboxylic acids is 4. The minimum Gasteiger partial charge on any atom is -0.378 e. The van der Waals surface area contributed by atoms with Crippen molar-refractivity contribution < 1.29 is 28.7 Å². The van der Waals surface area contributed by atoms with Crippen LogP contribution in [-0.4, -0.2) is 106 Å². The summed E-state index contributed by atoms with van der Waals surface area (Å²) in [5.74, 6) is -0.115. The number of hydrogen-bond donors (Lipinski definition) is 2. The average Bonchev–Trinajstić information content (AvgIpc) is 3.90. The molecule has 9 rings (SSSR count). The number of amides is 5. The van der Waals surface area contributed by atoms with Gasteiger partial charge in [0.1, 0.15) is 11.4 Å². The number of carbonyl (C=O) groups is 4. The van der Waals surface area contributed by atoms with E-state index in [0.717, 1.165) is 90.0 Å². The van der Waals surface area contributed by atoms with Gasteiger partial charge in [-0.15, -0.1) is 0 Å². The normalized spacial score (nSPS) is 20.5. The topological polar surface area (TPSA) is 164 Å². The molecule has 4 aliphatic rings. The lowest BCUT2D eigenvalue weighted by Crippen LogP contribution is -2.50. The summed E-state index contributed by atoms with van der Waals surface area (Å²) in [6, 6.07) is 14.7. The second-order valence-electron chi connectivity index (χ2n) is 17.1. The molecule has 1 spiro atoms. The molecule has 1 aromatic carbocycles. The van der Waals surface area contributed by atoms with Crippen molar-refractivity contribution in [3.8, 4) is 22.5 Å². The van der Waals surface area contributed by atoms with E-state index in [9.17, 15) is 19.2 Å². The van der Waals surface area contributed by atoms with E-state index in [4.69, 9.17) is 31.0 Å². The summed E-state index contributed by atoms with van der Waals surface area (Å²) < 4.78 is 14.0. The Kier molecular flexibility index (Phi) is 11.3. The number of halogens is 1. The van der Waals surface area contributed by atoms with Crippen LogP contribution in [0.1, 0.15) is 67.1 Å². The second-order valence-corrected chi connectivity index (χ2v) is 17.5. The summed E-state index contributed by atoms with van der Waals surface area (Å²) in [6.07, 6.45) is 10.6. The zero-order valence-corrected chi connectivity index (χ0v) is 36.0. The number of aromatic nitrogens is 4. The van der Waals surface area contributed by atoms with Crippen molar-refractivity contribution in [3.63, 3.8) is 0 Å². The summed E-state index contributed by atoms with van der Waals surface area (Å²) in [7, 11) is 3.67. The number of imide groups is 1. The minimum absolute atomic E-state index is 0.0759. The highest BCUT2D eigenvalue weighted by Gasteiger charge is 2.40. The first-order chi connectivity index (χ1) is 29.9. The molecule has 4 saturated heterocycles. The maximum absolute atomic E-state index is 13.7. The van der Waals surface area contributed by atoms with Crippen LogP contribution in [0.4, 0.5) is 16.3 Å². The Labute approximate surface area is 364 Å². The number of methoxy groups -OCH3 is 1. The zero-order chi connectivity index (χ0) is 43.2. The molecule has 4 aromatic heterocycles. The lowest BCUT2D eigenvalue weighted by molar-refractivity contribution is -0.120. The standard InChI is InChI=1S/C46H50ClN9O6/c1-29(57)50-41-23-33-34(27-53(2)39(33)25-49-41)37-20-32(22-40(51-37)46(61-3)13-19-62-28-46)36-7-4-30(24-48-36)26-54-15-9-45(10-16-54)11-17-55(18-12-45)43(59)31-5-6-35(47)38(21-31)56-14-8-42(58)52-44(56)60/h4-7,20-25,27H,8-19,26,28H2,1-3H3,(H,49,50,57)(H,52,58,60)/t46-/m1/s1. The van der Waals surface area contributed by atoms with Crippen molar-refractivity contribution in [1.82, 2.24) is 34.6 Å². The van der Waals surface area contributed by atoms with Crippen LogP contribution in [0.15, 0.2) is 67.1 Å². The summed E-state index contributed by atoms with van der Waals surface area (Å²) >= 11 is 6.44. The number of ether oxygens (including phenoxy) is 2. The first-order valence-corrected chi connectivity index (χ1v) is 21.6. The van der Waals surface area contributed by atoms with Crippen molar-refractivity contribution in [2.75, 3.05) is 63.3 Å². The first-order valence-electron chi connectivity index (χ1n) is 21.2. The Hall–Kier alpha value is -5.74. The van der Waals surface area contributed by atoms with Gasteiger partial charge in [0.25, 0.3) is 5.91 Å². The van der Waals surface area contributed by atoms with Gasteiger partial charge in [-0.3, -0.25) is 34.5 Å². The van der Waals surface area contributed by atoms with Gasteiger partial charge in [0.15, 0.2) is 0 Å². The third-order valence-corrected chi connectivity index (χ3v) is 13.5. The van der Waals surface area contributed by atoms with Crippen molar-refractivity contribution in [1.29, 1.82) is 0 Å². The van der Waals surface area contributed by atoms with E-state index in [1.54, 1.807) is 31.5 Å². The largest absolute Gasteiger partial charge is 0.378 e. The third-order valence-electron chi connectivity index (χ3n) is 13.2. The maximum Gasteiger partial charge on any atom is 0.328 e. The van der Waals surface area contributed by atoms with Crippen LogP contribution in [0.5, 0.6) is 0 Å². The van der Waals surface area contributed by atoms with Crippen molar-refractivity contribution in [2.45, 2.75) is 57.6 Å². The zero-order valence-electron chi connectivity index (χ0n) is 35.2. The molecule has 0 radical (unpaired) electrons. The molecule has 0 saturated carbocycles. The summed E-state index contributed by atoms with van der Waals surface area (Å²) in [5, 5.41) is 6.40. The number of benzene rings is 1. The SMILES string of the molecule is CO[C@]1(c2cc(-c3ccc(CN4CCC5(CC4)CCN(C(=O)c4ccc(Cl)c(N6CCC(=O)NC6=O)c4)CC5)cn3)cc(-c3cn(C)c4cnc(NC(C)=O)cc34)n2)CCOC1. The van der Waals surface area contributed by atoms with Gasteiger partial charge in [-0.05, 0) is 92.2 Å². The molecule has 0 aliphatic carbocycles. The molecule has 16 heteroatoms. The molecule has 15 nitrogen and oxygen atoms in total. The van der Waals surface area contributed by atoms with Crippen molar-refractivity contribution >= 4 is 57.8 Å². The van der Waals surface area contributed by atoms with E-state index < -0.39 is 11.6 Å². The van der Waals surface area contributed by atoms with Gasteiger partial charge in [-0.25, -0.2) is 14.8 Å². The number of piperidine rings is 2. The molecule has 2 N–H and O–H groups in total. The molecular formula is C46H50ClN9O6. The smallest absolute Gasteiger partial charge is 0.328 e. The molecule has 5 amide bonds. The first kappa shape index (κ1) is 41.6. The van der Waals surface area contributed by atoms with E-state index >= 15 is 0 Å². The predicted octanol–water partition coefficient (Wildman–Crippen LogP) is 6.54. The van der Waals surface area contributed by atoms with Gasteiger partial charge in [0, 0.05) is 101 Å². The lowest BCUT2D eigenvalue weighted by Gasteiger charge is -2.47. The molecule has 0 unspecified atom stereocenters. The van der Waals surface area contributed by atoms with Crippen LogP contribution in [0.2, 0.25) is 5.02 Å². The number of anilines is 2. The highest BCUT2D eigenvalue weighted by Crippen LogP contribution is 2.43. The van der Waals surface area contributed by atoms with Crippen LogP contribution >= 0.6 is 11.6 Å². The number of nitrogens with zero attached hydrogens (tertiary/aromatic N) is 7. The number of nitrogens with one attached hydrogen (secondary N) is 2. The minimum atomic E-state index is -0.686. The van der Waals surface area contributed by atoms with Crippen LogP contribution in [0, 0.1) is 5.41 Å². The van der Waals surface area contributed by atoms with Crippen molar-refractivity contribution in [3.05, 3.63) is 89.0 Å². The fraction of sp³-hybridized carbons (Fsp3) is 0.413. The summed E-state index contributed by atoms with van der Waals surface area (Å²) in [6.45, 7) is 6.75. The highest BCUT2D eigenvalue weighted by molar-refractivity contribution is 6.34. The fourth-order valence-electron chi connectivity index (χ4n) is 9.44. The van der Waals surface area contributed by atoms with E-state index in [2.05, 4.69) is 44.8 Å². The fourth-order valence-corrected chi connectivity index (χ4v) is 9.66. The van der Waals surface area contributed by atoms with Crippen LogP contribution in [0.25, 0.3) is 33.4 Å². The molecule has 0 bridgehead atoms. The molecule has 62 heavy (non-hydrogen) atoms. The number of fused-ring (bicyclic) bond motifs is 1. The quantitative estimate of drug-likeness (QED) is 0.167. The third kappa shape index (κ3) is 8.17. The number of hydrogen-bond acceptors (Lipinski definition) is 10. The monoisotopic (exact) mass is 859 g/mol. The van der Waals surface area contributed by atoms with Gasteiger partial charge in [-0.1, -0.05) is 17.7 Å². The molecule has 5 aromatic rings. The summed E-state index contributed by atoms with van der Waals surface area (Å²) in [5.41, 5.74) is 6.67. The van der Waals surface area contributed by atoms with E-state index in [0.29, 0.717) is 54.8 Å². The molecule has 4 fully saturated rings. The molecule has 322 valence electrons. The maximum atomic E-state index is 13.7. The van der Waals surface area contributed by atoms with Crippen molar-refractivity contribution in [2.24, 2.45) is 12.5 Å². The number of rotatable bonds is 9. The Morgan fingerprint density at radius 2 is 1.73 bits per heavy atom. The number of likely N-dealkylation sites (tertiary alicyclic amines) is 2.